The Morgan fingerprint density at radius 1 is 1.41 bits per heavy atom. The normalized spacial score (nSPS) is 19.7. The van der Waals surface area contributed by atoms with Crippen LogP contribution in [0.2, 0.25) is 5.02 Å². The van der Waals surface area contributed by atoms with Crippen LogP contribution in [0.15, 0.2) is 24.4 Å². The summed E-state index contributed by atoms with van der Waals surface area (Å²) in [6.07, 6.45) is 1.63. The topological polar surface area (TPSA) is 90.0 Å². The molecule has 0 spiro atoms. The van der Waals surface area contributed by atoms with Crippen molar-refractivity contribution < 1.29 is 9.50 Å². The fourth-order valence-electron chi connectivity index (χ4n) is 3.62. The van der Waals surface area contributed by atoms with Gasteiger partial charge >= 0.3 is 0 Å². The molecule has 0 aliphatic carbocycles. The molecule has 0 bridgehead atoms. The largest absolute Gasteiger partial charge is 0.388 e. The highest BCUT2D eigenvalue weighted by Crippen LogP contribution is 2.33. The highest BCUT2D eigenvalue weighted by Gasteiger charge is 2.38. The minimum Gasteiger partial charge on any atom is -0.388 e. The van der Waals surface area contributed by atoms with Gasteiger partial charge in [-0.3, -0.25) is 5.10 Å². The fraction of sp³-hybridized carbons (Fsp3) is 0.450. The second kappa shape index (κ2) is 7.51. The first-order valence-corrected chi connectivity index (χ1v) is 10.0. The Hall–Kier alpha value is -2.29. The molecule has 1 unspecified atom stereocenters. The lowest BCUT2D eigenvalue weighted by atomic mass is 9.84. The van der Waals surface area contributed by atoms with E-state index in [4.69, 9.17) is 11.6 Å². The zero-order chi connectivity index (χ0) is 20.8. The monoisotopic (exact) mass is 418 g/mol. The summed E-state index contributed by atoms with van der Waals surface area (Å²) in [5.41, 5.74) is 0.199. The van der Waals surface area contributed by atoms with Crippen molar-refractivity contribution >= 4 is 28.5 Å². The molecular weight excluding hydrogens is 395 g/mol. The number of aromatic amines is 1. The molecule has 3 aromatic rings. The van der Waals surface area contributed by atoms with Crippen molar-refractivity contribution in [1.29, 1.82) is 0 Å². The molecule has 0 radical (unpaired) electrons. The van der Waals surface area contributed by atoms with E-state index in [1.54, 1.807) is 12.3 Å². The number of aromatic nitrogens is 4. The van der Waals surface area contributed by atoms with Crippen LogP contribution in [0.1, 0.15) is 20.8 Å². The van der Waals surface area contributed by atoms with Crippen molar-refractivity contribution in [2.45, 2.75) is 32.4 Å². The Kier molecular flexibility index (Phi) is 5.18. The van der Waals surface area contributed by atoms with Crippen LogP contribution in [-0.2, 0) is 0 Å². The van der Waals surface area contributed by atoms with Crippen LogP contribution in [0, 0.1) is 11.7 Å². The molecule has 3 N–H and O–H groups in total. The van der Waals surface area contributed by atoms with Crippen molar-refractivity contribution in [2.75, 3.05) is 24.5 Å². The Bertz CT molecular complexity index is 1040. The summed E-state index contributed by atoms with van der Waals surface area (Å²) in [4.78, 5) is 10.7. The van der Waals surface area contributed by atoms with E-state index in [1.165, 1.54) is 6.07 Å². The number of nitrogens with zero attached hydrogens (tertiary/aromatic N) is 4. The van der Waals surface area contributed by atoms with Crippen molar-refractivity contribution in [1.82, 2.24) is 25.5 Å². The van der Waals surface area contributed by atoms with Crippen molar-refractivity contribution in [2.24, 2.45) is 5.92 Å². The van der Waals surface area contributed by atoms with Gasteiger partial charge in [-0.05, 0) is 31.0 Å². The van der Waals surface area contributed by atoms with Crippen LogP contribution in [0.4, 0.5) is 10.2 Å². The molecule has 3 aromatic heterocycles. The van der Waals surface area contributed by atoms with Crippen molar-refractivity contribution in [3.05, 3.63) is 35.2 Å². The summed E-state index contributed by atoms with van der Waals surface area (Å²) in [5.74, 6) is 0.0193. The third-order valence-corrected chi connectivity index (χ3v) is 6.10. The minimum atomic E-state index is -0.904. The maximum atomic E-state index is 14.8. The average Bonchev–Trinajstić information content (AvgIpc) is 3.12. The Morgan fingerprint density at radius 3 is 2.97 bits per heavy atom. The number of fused-ring (bicyclic) bond motifs is 1. The SMILES string of the molecule is CC(C)[C@](C)(O)C1CN(c2nc(-c3[nH]nc4ncccc34)c(F)cc2Cl)CCN1. The average molecular weight is 419 g/mol. The van der Waals surface area contributed by atoms with E-state index in [2.05, 4.69) is 25.5 Å². The van der Waals surface area contributed by atoms with E-state index in [0.29, 0.717) is 42.2 Å². The third kappa shape index (κ3) is 3.56. The van der Waals surface area contributed by atoms with Crippen LogP contribution in [0.3, 0.4) is 0 Å². The van der Waals surface area contributed by atoms with E-state index in [9.17, 15) is 9.50 Å². The first-order chi connectivity index (χ1) is 13.8. The predicted octanol–water partition coefficient (Wildman–Crippen LogP) is 3.00. The Labute approximate surface area is 173 Å². The zero-order valence-electron chi connectivity index (χ0n) is 16.6. The number of piperazine rings is 1. The second-order valence-corrected chi connectivity index (χ2v) is 8.34. The van der Waals surface area contributed by atoms with Crippen LogP contribution >= 0.6 is 11.6 Å². The summed E-state index contributed by atoms with van der Waals surface area (Å²) in [7, 11) is 0. The van der Waals surface area contributed by atoms with Gasteiger partial charge in [0.1, 0.15) is 11.5 Å². The first-order valence-electron chi connectivity index (χ1n) is 9.65. The van der Waals surface area contributed by atoms with E-state index in [1.807, 2.05) is 31.7 Å². The molecule has 1 aliphatic heterocycles. The smallest absolute Gasteiger partial charge is 0.181 e. The summed E-state index contributed by atoms with van der Waals surface area (Å²) in [6.45, 7) is 7.61. The number of hydrogen-bond acceptors (Lipinski definition) is 6. The molecule has 1 aliphatic rings. The summed E-state index contributed by atoms with van der Waals surface area (Å²) in [6, 6.07) is 4.70. The number of H-pyrrole nitrogens is 1. The van der Waals surface area contributed by atoms with Gasteiger partial charge in [-0.25, -0.2) is 14.4 Å². The van der Waals surface area contributed by atoms with E-state index < -0.39 is 11.4 Å². The quantitative estimate of drug-likeness (QED) is 0.603. The van der Waals surface area contributed by atoms with Gasteiger partial charge in [0.2, 0.25) is 0 Å². The molecule has 4 rings (SSSR count). The van der Waals surface area contributed by atoms with E-state index in [-0.39, 0.29) is 22.7 Å². The van der Waals surface area contributed by atoms with Gasteiger partial charge in [0.25, 0.3) is 0 Å². The minimum absolute atomic E-state index is 0.0658. The molecule has 4 heterocycles. The zero-order valence-corrected chi connectivity index (χ0v) is 17.3. The molecule has 7 nitrogen and oxygen atoms in total. The molecule has 0 aromatic carbocycles. The number of halogens is 2. The van der Waals surface area contributed by atoms with Gasteiger partial charge in [0.05, 0.1) is 22.4 Å². The van der Waals surface area contributed by atoms with Crippen LogP contribution in [-0.4, -0.2) is 56.5 Å². The fourth-order valence-corrected chi connectivity index (χ4v) is 3.88. The maximum Gasteiger partial charge on any atom is 0.181 e. The number of nitrogens with one attached hydrogen (secondary N) is 2. The highest BCUT2D eigenvalue weighted by molar-refractivity contribution is 6.33. The lowest BCUT2D eigenvalue weighted by Crippen LogP contribution is -2.62. The second-order valence-electron chi connectivity index (χ2n) is 7.93. The molecular formula is C20H24ClFN6O. The molecule has 29 heavy (non-hydrogen) atoms. The van der Waals surface area contributed by atoms with Crippen LogP contribution in [0.5, 0.6) is 0 Å². The first kappa shape index (κ1) is 20.0. The van der Waals surface area contributed by atoms with Gasteiger partial charge in [0, 0.05) is 31.2 Å². The number of rotatable bonds is 4. The lowest BCUT2D eigenvalue weighted by molar-refractivity contribution is -0.0231. The van der Waals surface area contributed by atoms with E-state index in [0.717, 1.165) is 0 Å². The molecule has 154 valence electrons. The molecule has 0 amide bonds. The van der Waals surface area contributed by atoms with Crippen molar-refractivity contribution in [3.63, 3.8) is 0 Å². The van der Waals surface area contributed by atoms with Gasteiger partial charge in [0.15, 0.2) is 11.5 Å². The van der Waals surface area contributed by atoms with Gasteiger partial charge in [-0.1, -0.05) is 25.4 Å². The number of aliphatic hydroxyl groups is 1. The lowest BCUT2D eigenvalue weighted by Gasteiger charge is -2.43. The van der Waals surface area contributed by atoms with Crippen molar-refractivity contribution in [3.8, 4) is 11.4 Å². The Balaban J connectivity index is 1.73. The van der Waals surface area contributed by atoms with Gasteiger partial charge < -0.3 is 15.3 Å². The molecule has 0 saturated carbocycles. The molecule has 9 heteroatoms. The standard InChI is InChI=1S/C20H24ClFN6O/c1-11(2)20(3,29)15-10-28(8-7-23-15)19-13(21)9-14(22)17(25-19)16-12-5-4-6-24-18(12)27-26-16/h4-6,9,11,15,23,29H,7-8,10H2,1-3H3,(H,24,26,27)/t15?,20-/m0/s1. The molecule has 1 saturated heterocycles. The highest BCUT2D eigenvalue weighted by atomic mass is 35.5. The maximum absolute atomic E-state index is 14.8. The third-order valence-electron chi connectivity index (χ3n) is 5.83. The van der Waals surface area contributed by atoms with Crippen LogP contribution in [0.25, 0.3) is 22.4 Å². The summed E-state index contributed by atoms with van der Waals surface area (Å²) >= 11 is 6.37. The van der Waals surface area contributed by atoms with Crippen LogP contribution < -0.4 is 10.2 Å². The Morgan fingerprint density at radius 2 is 2.21 bits per heavy atom. The van der Waals surface area contributed by atoms with E-state index >= 15 is 0 Å². The predicted molar refractivity (Wildman–Crippen MR) is 112 cm³/mol. The summed E-state index contributed by atoms with van der Waals surface area (Å²) in [5, 5.41) is 22.2. The number of anilines is 1. The summed E-state index contributed by atoms with van der Waals surface area (Å²) < 4.78 is 14.8. The van der Waals surface area contributed by atoms with Gasteiger partial charge in [-0.15, -0.1) is 0 Å². The number of pyridine rings is 2. The number of hydrogen-bond donors (Lipinski definition) is 3. The molecule has 2 atom stereocenters. The molecule has 1 fully saturated rings. The van der Waals surface area contributed by atoms with Gasteiger partial charge in [-0.2, -0.15) is 5.10 Å².